The van der Waals surface area contributed by atoms with Crippen molar-refractivity contribution in [3.8, 4) is 0 Å². The molecule has 0 aromatic carbocycles. The minimum absolute atomic E-state index is 0.0302. The highest BCUT2D eigenvalue weighted by atomic mass is 31.2. The Bertz CT molecular complexity index is 1330. The average molecular weight is 933 g/mol. The molecule has 0 radical (unpaired) electrons. The number of hydrogen-bond donors (Lipinski definition) is 1. The normalized spacial score (nSPS) is 14.0. The van der Waals surface area contributed by atoms with Crippen LogP contribution in [0.3, 0.4) is 0 Å². The fourth-order valence-corrected chi connectivity index (χ4v) is 7.70. The van der Waals surface area contributed by atoms with E-state index in [2.05, 4.69) is 86.8 Å². The van der Waals surface area contributed by atoms with E-state index in [1.807, 2.05) is 21.1 Å². The third-order valence-corrected chi connectivity index (χ3v) is 12.0. The van der Waals surface area contributed by atoms with Gasteiger partial charge < -0.3 is 18.9 Å². The number of hydrogen-bond acceptors (Lipinski definition) is 7. The highest BCUT2D eigenvalue weighted by Crippen LogP contribution is 2.43. The van der Waals surface area contributed by atoms with Gasteiger partial charge in [-0.05, 0) is 64.2 Å². The number of phosphoric acid groups is 1. The predicted molar refractivity (Wildman–Crippen MR) is 275 cm³/mol. The molecular weight excluding hydrogens is 834 g/mol. The second-order valence-electron chi connectivity index (χ2n) is 18.5. The highest BCUT2D eigenvalue weighted by molar-refractivity contribution is 7.47. The summed E-state index contributed by atoms with van der Waals surface area (Å²) in [6, 6.07) is 0. The molecule has 0 aliphatic carbocycles. The molecule has 0 rings (SSSR count). The molecule has 0 aliphatic rings. The van der Waals surface area contributed by atoms with Crippen LogP contribution in [-0.2, 0) is 32.7 Å². The Kier molecular flexibility index (Phi) is 44.7. The number of esters is 2. The molecule has 0 saturated heterocycles. The van der Waals surface area contributed by atoms with E-state index in [1.54, 1.807) is 0 Å². The van der Waals surface area contributed by atoms with Crippen LogP contribution in [0.25, 0.3) is 0 Å². The van der Waals surface area contributed by atoms with Crippen molar-refractivity contribution in [2.45, 2.75) is 219 Å². The van der Waals surface area contributed by atoms with Crippen molar-refractivity contribution in [3.05, 3.63) is 72.9 Å². The first-order valence-corrected chi connectivity index (χ1v) is 27.7. The van der Waals surface area contributed by atoms with Crippen molar-refractivity contribution >= 4 is 19.8 Å². The Morgan fingerprint density at radius 2 is 0.877 bits per heavy atom. The summed E-state index contributed by atoms with van der Waals surface area (Å²) in [6.07, 6.45) is 59.7. The zero-order chi connectivity index (χ0) is 47.8. The average Bonchev–Trinajstić information content (AvgIpc) is 3.26. The number of carbonyl (C=O) groups excluding carboxylic acids is 2. The van der Waals surface area contributed by atoms with Gasteiger partial charge >= 0.3 is 19.8 Å². The lowest BCUT2D eigenvalue weighted by Crippen LogP contribution is -2.37. The van der Waals surface area contributed by atoms with E-state index in [9.17, 15) is 19.0 Å². The molecular formula is C55H99NO8P+. The second-order valence-corrected chi connectivity index (χ2v) is 20.0. The van der Waals surface area contributed by atoms with Crippen LogP contribution in [0.5, 0.6) is 0 Å². The Labute approximate surface area is 399 Å². The standard InChI is InChI=1S/C55H98NO8P/c1-6-8-10-12-14-16-18-19-20-21-22-23-24-25-26-27-28-29-30-31-32-33-34-35-36-37-38-40-42-44-46-48-55(58)64-53(52-63-65(59,60)62-50-49-56(3,4)5)51-61-54(57)47-45-43-41-39-17-15-13-11-9-7-2/h8,10,14,16,19-20,22-23,25-26,28-29,53H,6-7,9,11-13,15,17-18,21,24,27,30-52H2,1-5H3/p+1/b10-8-,16-14-,20-19-,23-22-,26-25-,29-28-. The zero-order valence-corrected chi connectivity index (χ0v) is 43.3. The van der Waals surface area contributed by atoms with Crippen LogP contribution in [0, 0.1) is 0 Å². The van der Waals surface area contributed by atoms with Crippen LogP contribution in [0.15, 0.2) is 72.9 Å². The molecule has 376 valence electrons. The van der Waals surface area contributed by atoms with Crippen molar-refractivity contribution in [2.24, 2.45) is 0 Å². The zero-order valence-electron chi connectivity index (χ0n) is 42.5. The highest BCUT2D eigenvalue weighted by Gasteiger charge is 2.27. The summed E-state index contributed by atoms with van der Waals surface area (Å²) >= 11 is 0. The van der Waals surface area contributed by atoms with Gasteiger partial charge in [0.2, 0.25) is 0 Å². The summed E-state index contributed by atoms with van der Waals surface area (Å²) in [5, 5.41) is 0. The Balaban J connectivity index is 4.09. The molecule has 0 spiro atoms. The van der Waals surface area contributed by atoms with Crippen molar-refractivity contribution in [3.63, 3.8) is 0 Å². The lowest BCUT2D eigenvalue weighted by Gasteiger charge is -2.24. The minimum atomic E-state index is -4.38. The molecule has 2 atom stereocenters. The van der Waals surface area contributed by atoms with Gasteiger partial charge in [-0.1, -0.05) is 209 Å². The van der Waals surface area contributed by atoms with Gasteiger partial charge in [0.1, 0.15) is 19.8 Å². The van der Waals surface area contributed by atoms with Crippen molar-refractivity contribution in [1.82, 2.24) is 0 Å². The molecule has 2 unspecified atom stereocenters. The van der Waals surface area contributed by atoms with E-state index < -0.39 is 26.5 Å². The number of rotatable bonds is 47. The molecule has 0 saturated carbocycles. The number of carbonyl (C=O) groups is 2. The minimum Gasteiger partial charge on any atom is -0.462 e. The van der Waals surface area contributed by atoms with E-state index in [4.69, 9.17) is 18.5 Å². The summed E-state index contributed by atoms with van der Waals surface area (Å²) in [4.78, 5) is 35.4. The number of unbranched alkanes of at least 4 members (excludes halogenated alkanes) is 21. The first-order chi connectivity index (χ1) is 31.5. The topological polar surface area (TPSA) is 108 Å². The molecule has 0 aromatic rings. The van der Waals surface area contributed by atoms with Gasteiger partial charge in [-0.3, -0.25) is 18.6 Å². The van der Waals surface area contributed by atoms with E-state index >= 15 is 0 Å². The largest absolute Gasteiger partial charge is 0.472 e. The number of phosphoric ester groups is 1. The molecule has 0 amide bonds. The Morgan fingerprint density at radius 1 is 0.492 bits per heavy atom. The molecule has 1 N–H and O–H groups in total. The summed E-state index contributed by atoms with van der Waals surface area (Å²) in [6.45, 7) is 4.30. The van der Waals surface area contributed by atoms with E-state index in [1.165, 1.54) is 103 Å². The van der Waals surface area contributed by atoms with Crippen molar-refractivity contribution in [1.29, 1.82) is 0 Å². The predicted octanol–water partition coefficient (Wildman–Crippen LogP) is 15.8. The maximum absolute atomic E-state index is 12.7. The molecule has 0 bridgehead atoms. The van der Waals surface area contributed by atoms with Crippen LogP contribution in [0.1, 0.15) is 213 Å². The number of ether oxygens (including phenoxy) is 2. The summed E-state index contributed by atoms with van der Waals surface area (Å²) < 4.78 is 34.4. The number of allylic oxidation sites excluding steroid dienone is 12. The number of quaternary nitrogens is 1. The molecule has 65 heavy (non-hydrogen) atoms. The Hall–Kier alpha value is -2.55. The van der Waals surface area contributed by atoms with Gasteiger partial charge in [-0.25, -0.2) is 4.57 Å². The molecule has 0 aromatic heterocycles. The summed E-state index contributed by atoms with van der Waals surface area (Å²) in [5.74, 6) is -0.801. The van der Waals surface area contributed by atoms with Gasteiger partial charge in [0.05, 0.1) is 27.7 Å². The van der Waals surface area contributed by atoms with Crippen LogP contribution < -0.4 is 0 Å². The molecule has 0 heterocycles. The third kappa shape index (κ3) is 50.7. The van der Waals surface area contributed by atoms with Gasteiger partial charge in [0.15, 0.2) is 6.10 Å². The fourth-order valence-electron chi connectivity index (χ4n) is 6.96. The SMILES string of the molecule is CC/C=C\C/C=C\C/C=C\C/C=C\C/C=C\C/C=C\CCCCCCCCCCCCCCC(=O)OC(COC(=O)CCCCCCCCCCCC)COP(=O)(O)OCC[N+](C)(C)C. The first kappa shape index (κ1) is 62.4. The van der Waals surface area contributed by atoms with Gasteiger partial charge in [-0.2, -0.15) is 0 Å². The Morgan fingerprint density at radius 3 is 1.31 bits per heavy atom. The molecule has 0 fully saturated rings. The molecule has 9 nitrogen and oxygen atoms in total. The first-order valence-electron chi connectivity index (χ1n) is 26.2. The monoisotopic (exact) mass is 933 g/mol. The van der Waals surface area contributed by atoms with Gasteiger partial charge in [0.25, 0.3) is 0 Å². The second kappa shape index (κ2) is 46.6. The summed E-state index contributed by atoms with van der Waals surface area (Å²) in [5.41, 5.74) is 0. The fraction of sp³-hybridized carbons (Fsp3) is 0.745. The van der Waals surface area contributed by atoms with Crippen molar-refractivity contribution < 1.29 is 42.1 Å². The quantitative estimate of drug-likeness (QED) is 0.0211. The van der Waals surface area contributed by atoms with Crippen LogP contribution in [-0.4, -0.2) is 74.9 Å². The maximum Gasteiger partial charge on any atom is 0.472 e. The molecule has 0 aliphatic heterocycles. The third-order valence-electron chi connectivity index (χ3n) is 11.0. The van der Waals surface area contributed by atoms with Crippen LogP contribution in [0.4, 0.5) is 0 Å². The van der Waals surface area contributed by atoms with Gasteiger partial charge in [-0.15, -0.1) is 0 Å². The van der Waals surface area contributed by atoms with Gasteiger partial charge in [0, 0.05) is 12.8 Å². The number of likely N-dealkylation sites (N-methyl/N-ethyl adjacent to an activating group) is 1. The van der Waals surface area contributed by atoms with Crippen LogP contribution in [0.2, 0.25) is 0 Å². The van der Waals surface area contributed by atoms with Crippen LogP contribution >= 0.6 is 7.82 Å². The van der Waals surface area contributed by atoms with E-state index in [0.717, 1.165) is 77.0 Å². The smallest absolute Gasteiger partial charge is 0.462 e. The lowest BCUT2D eigenvalue weighted by molar-refractivity contribution is -0.870. The maximum atomic E-state index is 12.7. The summed E-state index contributed by atoms with van der Waals surface area (Å²) in [7, 11) is 1.47. The van der Waals surface area contributed by atoms with E-state index in [0.29, 0.717) is 17.4 Å². The number of nitrogens with zero attached hydrogens (tertiary/aromatic N) is 1. The lowest BCUT2D eigenvalue weighted by atomic mass is 10.0. The van der Waals surface area contributed by atoms with Crippen molar-refractivity contribution in [2.75, 3.05) is 47.5 Å². The van der Waals surface area contributed by atoms with E-state index in [-0.39, 0.29) is 32.0 Å². The molecule has 10 heteroatoms.